The first-order chi connectivity index (χ1) is 8.56. The van der Waals surface area contributed by atoms with E-state index in [-0.39, 0.29) is 5.84 Å². The normalized spacial score (nSPS) is 10.3. The highest BCUT2D eigenvalue weighted by Crippen LogP contribution is 2.20. The zero-order valence-corrected chi connectivity index (χ0v) is 11.2. The largest absolute Gasteiger partial charge is 0.384 e. The number of anilines is 1. The van der Waals surface area contributed by atoms with Gasteiger partial charge in [-0.25, -0.2) is 0 Å². The number of amidine groups is 1. The lowest BCUT2D eigenvalue weighted by Gasteiger charge is -2.15. The van der Waals surface area contributed by atoms with Crippen LogP contribution in [0.3, 0.4) is 0 Å². The van der Waals surface area contributed by atoms with Gasteiger partial charge in [-0.15, -0.1) is 10.2 Å². The molecule has 94 valence electrons. The molecule has 0 radical (unpaired) electrons. The quantitative estimate of drug-likeness (QED) is 0.649. The summed E-state index contributed by atoms with van der Waals surface area (Å²) in [6.45, 7) is 2.65. The molecule has 0 saturated carbocycles. The van der Waals surface area contributed by atoms with Crippen LogP contribution in [0, 0.1) is 12.3 Å². The fourth-order valence-electron chi connectivity index (χ4n) is 1.62. The third-order valence-corrected chi connectivity index (χ3v) is 3.45. The molecule has 0 spiro atoms. The smallest absolute Gasteiger partial charge is 0.208 e. The summed E-state index contributed by atoms with van der Waals surface area (Å²) in [7, 11) is 1.97. The number of hydrogen-bond acceptors (Lipinski definition) is 5. The third-order valence-electron chi connectivity index (χ3n) is 2.50. The Morgan fingerprint density at radius 2 is 2.22 bits per heavy atom. The highest BCUT2D eigenvalue weighted by molar-refractivity contribution is 7.15. The molecule has 3 N–H and O–H groups in total. The highest BCUT2D eigenvalue weighted by atomic mass is 32.1. The van der Waals surface area contributed by atoms with Crippen molar-refractivity contribution in [3.05, 3.63) is 40.4 Å². The van der Waals surface area contributed by atoms with Gasteiger partial charge in [-0.1, -0.05) is 29.5 Å². The minimum Gasteiger partial charge on any atom is -0.384 e. The zero-order valence-electron chi connectivity index (χ0n) is 10.3. The number of rotatable bonds is 4. The molecule has 0 amide bonds. The van der Waals surface area contributed by atoms with Gasteiger partial charge >= 0.3 is 0 Å². The maximum absolute atomic E-state index is 7.43. The van der Waals surface area contributed by atoms with E-state index < -0.39 is 0 Å². The Morgan fingerprint density at radius 3 is 2.83 bits per heavy atom. The lowest BCUT2D eigenvalue weighted by atomic mass is 10.1. The van der Waals surface area contributed by atoms with E-state index in [1.807, 2.05) is 43.1 Å². The molecule has 0 aliphatic carbocycles. The molecule has 0 atom stereocenters. The van der Waals surface area contributed by atoms with E-state index >= 15 is 0 Å². The predicted molar refractivity (Wildman–Crippen MR) is 74.2 cm³/mol. The van der Waals surface area contributed by atoms with E-state index in [1.54, 1.807) is 11.3 Å². The molecule has 0 saturated heterocycles. The van der Waals surface area contributed by atoms with Crippen molar-refractivity contribution in [2.75, 3.05) is 11.9 Å². The Bertz CT molecular complexity index is 563. The summed E-state index contributed by atoms with van der Waals surface area (Å²) in [6.07, 6.45) is 0. The SMILES string of the molecule is Cc1nnc(N(C)Cc2cccc(C(=N)N)c2)s1. The van der Waals surface area contributed by atoms with Gasteiger partial charge in [0.1, 0.15) is 10.8 Å². The van der Waals surface area contributed by atoms with Crippen molar-refractivity contribution in [2.24, 2.45) is 5.73 Å². The van der Waals surface area contributed by atoms with Crippen molar-refractivity contribution in [1.82, 2.24) is 10.2 Å². The topological polar surface area (TPSA) is 78.9 Å². The standard InChI is InChI=1S/C12H15N5S/c1-8-15-16-12(18-8)17(2)7-9-4-3-5-10(6-9)11(13)14/h3-6H,7H2,1-2H3,(H3,13,14). The molecular formula is C12H15N5S. The van der Waals surface area contributed by atoms with E-state index in [2.05, 4.69) is 10.2 Å². The van der Waals surface area contributed by atoms with E-state index in [4.69, 9.17) is 11.1 Å². The van der Waals surface area contributed by atoms with Crippen molar-refractivity contribution in [3.8, 4) is 0 Å². The van der Waals surface area contributed by atoms with E-state index in [1.165, 1.54) is 0 Å². The molecule has 2 aromatic rings. The molecular weight excluding hydrogens is 246 g/mol. The summed E-state index contributed by atoms with van der Waals surface area (Å²) < 4.78 is 0. The molecule has 0 unspecified atom stereocenters. The minimum atomic E-state index is 0.0891. The van der Waals surface area contributed by atoms with E-state index in [9.17, 15) is 0 Å². The lowest BCUT2D eigenvalue weighted by molar-refractivity contribution is 0.890. The first-order valence-corrected chi connectivity index (χ1v) is 6.32. The van der Waals surface area contributed by atoms with Crippen LogP contribution in [-0.4, -0.2) is 23.1 Å². The first kappa shape index (κ1) is 12.5. The summed E-state index contributed by atoms with van der Waals surface area (Å²) in [5, 5.41) is 17.4. The number of aromatic nitrogens is 2. The maximum Gasteiger partial charge on any atom is 0.208 e. The van der Waals surface area contributed by atoms with Crippen molar-refractivity contribution in [3.63, 3.8) is 0 Å². The van der Waals surface area contributed by atoms with Crippen LogP contribution in [0.25, 0.3) is 0 Å². The van der Waals surface area contributed by atoms with Crippen molar-refractivity contribution in [1.29, 1.82) is 5.41 Å². The number of benzene rings is 1. The van der Waals surface area contributed by atoms with Gasteiger partial charge in [-0.3, -0.25) is 5.41 Å². The van der Waals surface area contributed by atoms with Gasteiger partial charge in [0.2, 0.25) is 5.13 Å². The Hall–Kier alpha value is -1.95. The lowest BCUT2D eigenvalue weighted by Crippen LogP contribution is -2.17. The van der Waals surface area contributed by atoms with Gasteiger partial charge in [0.05, 0.1) is 0 Å². The summed E-state index contributed by atoms with van der Waals surface area (Å²) in [6, 6.07) is 7.68. The van der Waals surface area contributed by atoms with Crippen LogP contribution in [0.2, 0.25) is 0 Å². The molecule has 18 heavy (non-hydrogen) atoms. The second-order valence-corrected chi connectivity index (χ2v) is 5.23. The first-order valence-electron chi connectivity index (χ1n) is 5.51. The van der Waals surface area contributed by atoms with Gasteiger partial charge in [-0.2, -0.15) is 0 Å². The average Bonchev–Trinajstić information content (AvgIpc) is 2.76. The van der Waals surface area contributed by atoms with E-state index in [0.717, 1.165) is 27.8 Å². The summed E-state index contributed by atoms with van der Waals surface area (Å²) in [5.74, 6) is 0.0891. The van der Waals surface area contributed by atoms with Crippen LogP contribution in [0.4, 0.5) is 5.13 Å². The monoisotopic (exact) mass is 261 g/mol. The van der Waals surface area contributed by atoms with Crippen LogP contribution in [-0.2, 0) is 6.54 Å². The van der Waals surface area contributed by atoms with E-state index in [0.29, 0.717) is 0 Å². The highest BCUT2D eigenvalue weighted by Gasteiger charge is 2.08. The minimum absolute atomic E-state index is 0.0891. The number of nitrogen functional groups attached to an aromatic ring is 1. The molecule has 2 rings (SSSR count). The molecule has 1 aromatic heterocycles. The molecule has 0 aliphatic rings. The number of nitrogens with two attached hydrogens (primary N) is 1. The molecule has 6 heteroatoms. The number of nitrogens with one attached hydrogen (secondary N) is 1. The van der Waals surface area contributed by atoms with Crippen molar-refractivity contribution < 1.29 is 0 Å². The number of hydrogen-bond donors (Lipinski definition) is 2. The Labute approximate surface area is 110 Å². The number of aryl methyl sites for hydroxylation is 1. The Kier molecular flexibility index (Phi) is 3.57. The molecule has 1 heterocycles. The van der Waals surface area contributed by atoms with Crippen LogP contribution in [0.15, 0.2) is 24.3 Å². The maximum atomic E-state index is 7.43. The van der Waals surface area contributed by atoms with Gasteiger partial charge in [0, 0.05) is 19.2 Å². The number of nitrogens with zero attached hydrogens (tertiary/aromatic N) is 3. The van der Waals surface area contributed by atoms with Crippen LogP contribution < -0.4 is 10.6 Å². The second-order valence-electron chi connectivity index (χ2n) is 4.07. The Balaban J connectivity index is 2.14. The summed E-state index contributed by atoms with van der Waals surface area (Å²) >= 11 is 1.56. The van der Waals surface area contributed by atoms with Crippen LogP contribution in [0.1, 0.15) is 16.1 Å². The van der Waals surface area contributed by atoms with Crippen molar-refractivity contribution in [2.45, 2.75) is 13.5 Å². The summed E-state index contributed by atoms with van der Waals surface area (Å²) in [5.41, 5.74) is 7.32. The van der Waals surface area contributed by atoms with Gasteiger partial charge in [0.15, 0.2) is 0 Å². The molecule has 0 bridgehead atoms. The van der Waals surface area contributed by atoms with Crippen LogP contribution >= 0.6 is 11.3 Å². The van der Waals surface area contributed by atoms with Gasteiger partial charge in [0.25, 0.3) is 0 Å². The Morgan fingerprint density at radius 1 is 1.44 bits per heavy atom. The molecule has 1 aromatic carbocycles. The zero-order chi connectivity index (χ0) is 13.1. The van der Waals surface area contributed by atoms with Gasteiger partial charge < -0.3 is 10.6 Å². The van der Waals surface area contributed by atoms with Crippen LogP contribution in [0.5, 0.6) is 0 Å². The predicted octanol–water partition coefficient (Wildman–Crippen LogP) is 1.77. The fraction of sp³-hybridized carbons (Fsp3) is 0.250. The molecule has 0 aliphatic heterocycles. The summed E-state index contributed by atoms with van der Waals surface area (Å²) in [4.78, 5) is 2.03. The molecule has 0 fully saturated rings. The third kappa shape index (κ3) is 2.84. The average molecular weight is 261 g/mol. The van der Waals surface area contributed by atoms with Crippen molar-refractivity contribution >= 4 is 22.3 Å². The second kappa shape index (κ2) is 5.14. The molecule has 5 nitrogen and oxygen atoms in total. The fourth-order valence-corrected chi connectivity index (χ4v) is 2.27. The van der Waals surface area contributed by atoms with Gasteiger partial charge in [-0.05, 0) is 18.6 Å².